The van der Waals surface area contributed by atoms with Crippen LogP contribution in [-0.2, 0) is 4.79 Å². The topological polar surface area (TPSA) is 37.3 Å². The Labute approximate surface area is 117 Å². The van der Waals surface area contributed by atoms with Gasteiger partial charge in [-0.15, -0.1) is 0 Å². The average molecular weight is 306 g/mol. The molecule has 0 bridgehead atoms. The molecule has 19 heavy (non-hydrogen) atoms. The zero-order valence-corrected chi connectivity index (χ0v) is 8.50. The molecule has 0 radical (unpaired) electrons. The van der Waals surface area contributed by atoms with Crippen molar-refractivity contribution in [2.75, 3.05) is 0 Å². The molecule has 0 heterocycles. The lowest BCUT2D eigenvalue weighted by Crippen LogP contribution is -2.55. The van der Waals surface area contributed by atoms with Crippen LogP contribution in [0.5, 0.6) is 0 Å². The van der Waals surface area contributed by atoms with E-state index in [1.807, 2.05) is 0 Å². The van der Waals surface area contributed by atoms with Crippen molar-refractivity contribution < 1.29 is 54.3 Å². The third-order valence-corrected chi connectivity index (χ3v) is 1.62. The Balaban J connectivity index is 7.15. The van der Waals surface area contributed by atoms with E-state index in [0.717, 1.165) is 0 Å². The maximum Gasteiger partial charge on any atom is 0.460 e. The standard InChI is InChI=1S/C10H11F7O2/c1-7(2,3)5(18)4-6(19)8(11,12)9(13,14)10(15,16)17/h4,18H,1-3H3/b5-4-/i1D3,2D3,3D3,4D. The molecule has 2 nitrogen and oxygen atoms in total. The van der Waals surface area contributed by atoms with Crippen LogP contribution in [0.1, 0.15) is 34.3 Å². The summed E-state index contributed by atoms with van der Waals surface area (Å²) in [6.07, 6.45) is -7.06. The first-order chi connectivity index (χ1) is 12.2. The van der Waals surface area contributed by atoms with E-state index in [0.29, 0.717) is 0 Å². The van der Waals surface area contributed by atoms with Crippen molar-refractivity contribution in [1.82, 2.24) is 0 Å². The van der Waals surface area contributed by atoms with Gasteiger partial charge in [-0.3, -0.25) is 4.79 Å². The fourth-order valence-corrected chi connectivity index (χ4v) is 0.600. The number of alkyl halides is 7. The number of ketones is 1. The Morgan fingerprint density at radius 3 is 1.84 bits per heavy atom. The molecule has 0 aliphatic carbocycles. The van der Waals surface area contributed by atoms with Crippen molar-refractivity contribution in [2.24, 2.45) is 5.41 Å². The van der Waals surface area contributed by atoms with Crippen molar-refractivity contribution in [3.63, 3.8) is 0 Å². The number of aliphatic hydroxyl groups excluding tert-OH is 1. The first-order valence-electron chi connectivity index (χ1n) is 9.00. The van der Waals surface area contributed by atoms with E-state index in [4.69, 9.17) is 13.7 Å². The zero-order chi connectivity index (χ0) is 24.2. The Bertz CT molecular complexity index is 651. The number of carbonyl (C=O) groups excluding carboxylic acids is 1. The molecule has 0 aliphatic rings. The summed E-state index contributed by atoms with van der Waals surface area (Å²) in [5.74, 6) is -20.7. The highest BCUT2D eigenvalue weighted by atomic mass is 19.4. The van der Waals surface area contributed by atoms with Crippen molar-refractivity contribution in [3.05, 3.63) is 11.8 Å². The molecule has 0 aromatic rings. The molecule has 0 atom stereocenters. The summed E-state index contributed by atoms with van der Waals surface area (Å²) in [6, 6.07) is -3.05. The number of aliphatic hydroxyl groups is 1. The van der Waals surface area contributed by atoms with Gasteiger partial charge in [-0.05, 0) is 0 Å². The molecular weight excluding hydrogens is 285 g/mol. The predicted molar refractivity (Wildman–Crippen MR) is 51.1 cm³/mol. The van der Waals surface area contributed by atoms with Crippen molar-refractivity contribution in [2.45, 2.75) is 38.6 Å². The molecule has 0 unspecified atom stereocenters. The van der Waals surface area contributed by atoms with Crippen LogP contribution in [0.2, 0.25) is 0 Å². The molecule has 0 fully saturated rings. The molecule has 0 aromatic heterocycles. The Morgan fingerprint density at radius 2 is 1.53 bits per heavy atom. The second-order valence-corrected chi connectivity index (χ2v) is 3.20. The first-order valence-corrected chi connectivity index (χ1v) is 4.00. The van der Waals surface area contributed by atoms with Gasteiger partial charge in [-0.1, -0.05) is 20.6 Å². The second kappa shape index (κ2) is 4.68. The summed E-state index contributed by atoms with van der Waals surface area (Å²) >= 11 is 0. The van der Waals surface area contributed by atoms with Crippen molar-refractivity contribution in [3.8, 4) is 0 Å². The quantitative estimate of drug-likeness (QED) is 0.488. The normalized spacial score (nSPS) is 25.8. The fourth-order valence-electron chi connectivity index (χ4n) is 0.600. The molecule has 0 saturated carbocycles. The average Bonchev–Trinajstić information content (AvgIpc) is 2.39. The summed E-state index contributed by atoms with van der Waals surface area (Å²) in [4.78, 5) is 11.4. The molecule has 112 valence electrons. The van der Waals surface area contributed by atoms with E-state index in [1.165, 1.54) is 0 Å². The van der Waals surface area contributed by atoms with Crippen LogP contribution in [0.4, 0.5) is 30.7 Å². The Kier molecular flexibility index (Phi) is 1.71. The zero-order valence-electron chi connectivity index (χ0n) is 18.5. The fraction of sp³-hybridized carbons (Fsp3) is 0.700. The number of hydrogen-bond acceptors (Lipinski definition) is 2. The van der Waals surface area contributed by atoms with Crippen molar-refractivity contribution in [1.29, 1.82) is 0 Å². The SMILES string of the molecule is [2H]/C(C(=O)C(F)(F)C(F)(F)C(F)(F)F)=C(/O)C(C([2H])([2H])[2H])(C([2H])([2H])[2H])C([2H])([2H])[2H]. The molecule has 0 saturated heterocycles. The Hall–Kier alpha value is -1.28. The number of rotatable bonds is 3. The van der Waals surface area contributed by atoms with Crippen LogP contribution >= 0.6 is 0 Å². The monoisotopic (exact) mass is 306 g/mol. The molecule has 0 aliphatic heterocycles. The van der Waals surface area contributed by atoms with Gasteiger partial charge in [-0.25, -0.2) is 0 Å². The lowest BCUT2D eigenvalue weighted by Gasteiger charge is -2.26. The van der Waals surface area contributed by atoms with E-state index in [9.17, 15) is 40.6 Å². The Morgan fingerprint density at radius 1 is 1.11 bits per heavy atom. The highest BCUT2D eigenvalue weighted by molar-refractivity contribution is 5.97. The number of halogens is 7. The summed E-state index contributed by atoms with van der Waals surface area (Å²) in [5.41, 5.74) is -4.64. The predicted octanol–water partition coefficient (Wildman–Crippen LogP) is 3.88. The highest BCUT2D eigenvalue weighted by Gasteiger charge is 2.75. The summed E-state index contributed by atoms with van der Waals surface area (Å²) in [5, 5.41) is 9.77. The van der Waals surface area contributed by atoms with E-state index in [1.54, 1.807) is 0 Å². The van der Waals surface area contributed by atoms with Crippen LogP contribution in [-0.4, -0.2) is 28.9 Å². The van der Waals surface area contributed by atoms with Crippen LogP contribution in [0.3, 0.4) is 0 Å². The molecule has 0 spiro atoms. The van der Waals surface area contributed by atoms with E-state index in [-0.39, 0.29) is 0 Å². The lowest BCUT2D eigenvalue weighted by molar-refractivity contribution is -0.342. The van der Waals surface area contributed by atoms with Crippen LogP contribution in [0.15, 0.2) is 11.8 Å². The van der Waals surface area contributed by atoms with Gasteiger partial charge in [-0.2, -0.15) is 30.7 Å². The van der Waals surface area contributed by atoms with E-state index in [2.05, 4.69) is 0 Å². The van der Waals surface area contributed by atoms with E-state index >= 15 is 0 Å². The molecule has 1 N–H and O–H groups in total. The molecule has 9 heteroatoms. The minimum absolute atomic E-state index is 2.94. The van der Waals surface area contributed by atoms with Gasteiger partial charge in [0.25, 0.3) is 0 Å². The van der Waals surface area contributed by atoms with Crippen molar-refractivity contribution >= 4 is 5.78 Å². The highest BCUT2D eigenvalue weighted by Crippen LogP contribution is 2.47. The minimum atomic E-state index is -7.13. The first kappa shape index (κ1) is 6.94. The summed E-state index contributed by atoms with van der Waals surface area (Å²) in [6.45, 7) is -13.2. The number of hydrogen-bond donors (Lipinski definition) is 1. The molecule has 0 rings (SSSR count). The summed E-state index contributed by atoms with van der Waals surface area (Å²) in [7, 11) is 0. The lowest BCUT2D eigenvalue weighted by atomic mass is 9.92. The smallest absolute Gasteiger partial charge is 0.460 e. The van der Waals surface area contributed by atoms with Gasteiger partial charge in [0.2, 0.25) is 5.78 Å². The van der Waals surface area contributed by atoms with Gasteiger partial charge in [0, 0.05) is 23.8 Å². The van der Waals surface area contributed by atoms with Gasteiger partial charge < -0.3 is 5.11 Å². The summed E-state index contributed by atoms with van der Waals surface area (Å²) < 4.78 is 160. The van der Waals surface area contributed by atoms with Crippen LogP contribution in [0, 0.1) is 5.41 Å². The minimum Gasteiger partial charge on any atom is -0.512 e. The van der Waals surface area contributed by atoms with Crippen LogP contribution in [0.25, 0.3) is 0 Å². The third kappa shape index (κ3) is 3.38. The largest absolute Gasteiger partial charge is 0.512 e. The van der Waals surface area contributed by atoms with Gasteiger partial charge in [0.1, 0.15) is 5.76 Å². The molecule has 0 aromatic carbocycles. The van der Waals surface area contributed by atoms with Crippen LogP contribution < -0.4 is 0 Å². The van der Waals surface area contributed by atoms with E-state index < -0.39 is 61.6 Å². The van der Waals surface area contributed by atoms with Gasteiger partial charge >= 0.3 is 18.0 Å². The maximum absolute atomic E-state index is 13.5. The molecular formula is C10H11F7O2. The number of allylic oxidation sites excluding steroid dienone is 2. The van der Waals surface area contributed by atoms with Gasteiger partial charge in [0.15, 0.2) is 0 Å². The second-order valence-electron chi connectivity index (χ2n) is 3.20. The molecule has 0 amide bonds. The number of carbonyl (C=O) groups is 1. The third-order valence-electron chi connectivity index (χ3n) is 1.62. The maximum atomic E-state index is 13.5. The van der Waals surface area contributed by atoms with Gasteiger partial charge in [0.05, 0.1) is 1.37 Å².